The smallest absolute Gasteiger partial charge is 0.236 e. The summed E-state index contributed by atoms with van der Waals surface area (Å²) in [7, 11) is 1.68. The lowest BCUT2D eigenvalue weighted by Crippen LogP contribution is -2.40. The molecule has 0 aliphatic heterocycles. The van der Waals surface area contributed by atoms with Crippen LogP contribution in [0.4, 0.5) is 0 Å². The third kappa shape index (κ3) is 4.15. The SMILES string of the molecule is Cc1oc(-c2cccs2)nc1CC(=O)N(C)CC(C)(C)O. The number of aromatic nitrogens is 1. The minimum Gasteiger partial charge on any atom is -0.440 e. The molecule has 0 aliphatic rings. The number of thiophene rings is 1. The van der Waals surface area contributed by atoms with Gasteiger partial charge in [-0.15, -0.1) is 11.3 Å². The molecule has 114 valence electrons. The van der Waals surface area contributed by atoms with Crippen molar-refractivity contribution in [3.63, 3.8) is 0 Å². The first-order valence-corrected chi connectivity index (χ1v) is 7.61. The van der Waals surface area contributed by atoms with Gasteiger partial charge in [-0.2, -0.15) is 0 Å². The topological polar surface area (TPSA) is 66.6 Å². The molecule has 2 aromatic heterocycles. The summed E-state index contributed by atoms with van der Waals surface area (Å²) in [6.07, 6.45) is 0.174. The average Bonchev–Trinajstić information content (AvgIpc) is 2.97. The number of oxazole rings is 1. The second kappa shape index (κ2) is 5.99. The van der Waals surface area contributed by atoms with E-state index in [1.165, 1.54) is 4.90 Å². The summed E-state index contributed by atoms with van der Waals surface area (Å²) in [4.78, 5) is 19.0. The molecule has 0 aliphatic carbocycles. The Morgan fingerprint density at radius 1 is 1.52 bits per heavy atom. The summed E-state index contributed by atoms with van der Waals surface area (Å²) in [5.74, 6) is 1.12. The normalized spacial score (nSPS) is 11.7. The zero-order valence-electron chi connectivity index (χ0n) is 12.7. The van der Waals surface area contributed by atoms with Crippen LogP contribution in [0.5, 0.6) is 0 Å². The maximum absolute atomic E-state index is 12.2. The van der Waals surface area contributed by atoms with Crippen molar-refractivity contribution in [3.8, 4) is 10.8 Å². The van der Waals surface area contributed by atoms with Crippen LogP contribution in [-0.4, -0.2) is 40.1 Å². The zero-order valence-corrected chi connectivity index (χ0v) is 13.5. The van der Waals surface area contributed by atoms with Crippen LogP contribution in [0.15, 0.2) is 21.9 Å². The molecule has 0 bridgehead atoms. The minimum absolute atomic E-state index is 0.0914. The van der Waals surface area contributed by atoms with Gasteiger partial charge < -0.3 is 14.4 Å². The molecule has 0 atom stereocenters. The first kappa shape index (κ1) is 15.7. The fourth-order valence-electron chi connectivity index (χ4n) is 2.04. The number of aliphatic hydroxyl groups is 1. The van der Waals surface area contributed by atoms with Crippen molar-refractivity contribution in [2.75, 3.05) is 13.6 Å². The molecule has 1 N–H and O–H groups in total. The van der Waals surface area contributed by atoms with Gasteiger partial charge in [0.05, 0.1) is 22.6 Å². The summed E-state index contributed by atoms with van der Waals surface area (Å²) in [6, 6.07) is 3.86. The fraction of sp³-hybridized carbons (Fsp3) is 0.467. The van der Waals surface area contributed by atoms with E-state index >= 15 is 0 Å². The number of rotatable bonds is 5. The molecule has 0 unspecified atom stereocenters. The summed E-state index contributed by atoms with van der Waals surface area (Å²) < 4.78 is 5.62. The number of hydrogen-bond acceptors (Lipinski definition) is 5. The van der Waals surface area contributed by atoms with E-state index in [0.29, 0.717) is 17.3 Å². The van der Waals surface area contributed by atoms with Crippen LogP contribution in [0, 0.1) is 6.92 Å². The molecule has 0 radical (unpaired) electrons. The highest BCUT2D eigenvalue weighted by atomic mass is 32.1. The Balaban J connectivity index is 2.08. The minimum atomic E-state index is -0.911. The molecule has 0 fully saturated rings. The van der Waals surface area contributed by atoms with E-state index in [1.807, 2.05) is 24.4 Å². The quantitative estimate of drug-likeness (QED) is 0.921. The molecular weight excluding hydrogens is 288 g/mol. The molecule has 0 spiro atoms. The first-order chi connectivity index (χ1) is 9.76. The van der Waals surface area contributed by atoms with E-state index in [-0.39, 0.29) is 18.9 Å². The van der Waals surface area contributed by atoms with Crippen molar-refractivity contribution >= 4 is 17.2 Å². The number of nitrogens with zero attached hydrogens (tertiary/aromatic N) is 2. The molecule has 5 nitrogen and oxygen atoms in total. The highest BCUT2D eigenvalue weighted by Crippen LogP contribution is 2.26. The van der Waals surface area contributed by atoms with Crippen molar-refractivity contribution in [1.82, 2.24) is 9.88 Å². The lowest BCUT2D eigenvalue weighted by molar-refractivity contribution is -0.131. The molecule has 2 rings (SSSR count). The van der Waals surface area contributed by atoms with Crippen molar-refractivity contribution in [2.24, 2.45) is 0 Å². The number of aryl methyl sites for hydroxylation is 1. The van der Waals surface area contributed by atoms with Gasteiger partial charge >= 0.3 is 0 Å². The van der Waals surface area contributed by atoms with Crippen molar-refractivity contribution < 1.29 is 14.3 Å². The van der Waals surface area contributed by atoms with Crippen LogP contribution in [0.3, 0.4) is 0 Å². The average molecular weight is 308 g/mol. The fourth-order valence-corrected chi connectivity index (χ4v) is 2.69. The largest absolute Gasteiger partial charge is 0.440 e. The Morgan fingerprint density at radius 3 is 2.81 bits per heavy atom. The predicted octanol–water partition coefficient (Wildman–Crippen LogP) is 2.48. The Labute approximate surface area is 128 Å². The maximum Gasteiger partial charge on any atom is 0.236 e. The number of amides is 1. The van der Waals surface area contributed by atoms with Gasteiger partial charge in [0.1, 0.15) is 5.76 Å². The molecule has 2 heterocycles. The molecule has 21 heavy (non-hydrogen) atoms. The van der Waals surface area contributed by atoms with Gasteiger partial charge in [0, 0.05) is 13.6 Å². The summed E-state index contributed by atoms with van der Waals surface area (Å²) in [6.45, 7) is 5.43. The van der Waals surface area contributed by atoms with Gasteiger partial charge in [-0.3, -0.25) is 4.79 Å². The Bertz CT molecular complexity index is 611. The first-order valence-electron chi connectivity index (χ1n) is 6.73. The van der Waals surface area contributed by atoms with Crippen molar-refractivity contribution in [1.29, 1.82) is 0 Å². The second-order valence-electron chi connectivity index (χ2n) is 5.74. The van der Waals surface area contributed by atoms with E-state index < -0.39 is 5.60 Å². The third-order valence-corrected chi connectivity index (χ3v) is 3.85. The Morgan fingerprint density at radius 2 is 2.24 bits per heavy atom. The third-order valence-electron chi connectivity index (χ3n) is 2.99. The number of hydrogen-bond donors (Lipinski definition) is 1. The molecule has 2 aromatic rings. The highest BCUT2D eigenvalue weighted by molar-refractivity contribution is 7.13. The molecule has 1 amide bonds. The number of carbonyl (C=O) groups excluding carboxylic acids is 1. The molecule has 6 heteroatoms. The van der Waals surface area contributed by atoms with Crippen LogP contribution in [0.2, 0.25) is 0 Å². The molecular formula is C15H20N2O3S. The maximum atomic E-state index is 12.2. The van der Waals surface area contributed by atoms with E-state index in [1.54, 1.807) is 32.2 Å². The van der Waals surface area contributed by atoms with Gasteiger partial charge in [0.15, 0.2) is 0 Å². The van der Waals surface area contributed by atoms with Gasteiger partial charge in [-0.25, -0.2) is 4.98 Å². The summed E-state index contributed by atoms with van der Waals surface area (Å²) in [5, 5.41) is 11.7. The molecule has 0 saturated heterocycles. The van der Waals surface area contributed by atoms with Crippen LogP contribution >= 0.6 is 11.3 Å². The lowest BCUT2D eigenvalue weighted by atomic mass is 10.1. The van der Waals surface area contributed by atoms with Crippen molar-refractivity contribution in [3.05, 3.63) is 29.0 Å². The van der Waals surface area contributed by atoms with Crippen LogP contribution in [0.1, 0.15) is 25.3 Å². The van der Waals surface area contributed by atoms with Crippen LogP contribution in [0.25, 0.3) is 10.8 Å². The standard InChI is InChI=1S/C15H20N2O3S/c1-10-11(8-13(18)17(4)9-15(2,3)19)16-14(20-10)12-6-5-7-21-12/h5-7,19H,8-9H2,1-4H3. The Hall–Kier alpha value is -1.66. The van der Waals surface area contributed by atoms with Gasteiger partial charge in [0.2, 0.25) is 11.8 Å². The van der Waals surface area contributed by atoms with Gasteiger partial charge in [0.25, 0.3) is 0 Å². The van der Waals surface area contributed by atoms with Gasteiger partial charge in [-0.05, 0) is 32.2 Å². The number of likely N-dealkylation sites (N-methyl/N-ethyl adjacent to an activating group) is 1. The molecule has 0 aromatic carbocycles. The van der Waals surface area contributed by atoms with E-state index in [9.17, 15) is 9.90 Å². The van der Waals surface area contributed by atoms with Crippen LogP contribution in [-0.2, 0) is 11.2 Å². The molecule has 0 saturated carbocycles. The van der Waals surface area contributed by atoms with E-state index in [2.05, 4.69) is 4.98 Å². The number of carbonyl (C=O) groups is 1. The highest BCUT2D eigenvalue weighted by Gasteiger charge is 2.22. The summed E-state index contributed by atoms with van der Waals surface area (Å²) in [5.41, 5.74) is -0.267. The van der Waals surface area contributed by atoms with E-state index in [0.717, 1.165) is 4.88 Å². The predicted molar refractivity (Wildman–Crippen MR) is 82.2 cm³/mol. The zero-order chi connectivity index (χ0) is 15.6. The Kier molecular flexibility index (Phi) is 4.49. The van der Waals surface area contributed by atoms with E-state index in [4.69, 9.17) is 4.42 Å². The second-order valence-corrected chi connectivity index (χ2v) is 6.69. The summed E-state index contributed by atoms with van der Waals surface area (Å²) >= 11 is 1.55. The monoisotopic (exact) mass is 308 g/mol. The van der Waals surface area contributed by atoms with Crippen molar-refractivity contribution in [2.45, 2.75) is 32.8 Å². The van der Waals surface area contributed by atoms with Gasteiger partial charge in [-0.1, -0.05) is 6.07 Å². The lowest BCUT2D eigenvalue weighted by Gasteiger charge is -2.25. The van der Waals surface area contributed by atoms with Crippen LogP contribution < -0.4 is 0 Å².